The van der Waals surface area contributed by atoms with Crippen molar-refractivity contribution in [1.29, 1.82) is 0 Å². The highest BCUT2D eigenvalue weighted by molar-refractivity contribution is 7.98. The quantitative estimate of drug-likeness (QED) is 0.149. The van der Waals surface area contributed by atoms with Crippen LogP contribution in [0.2, 0.25) is 0 Å². The minimum absolute atomic E-state index is 0.467. The zero-order valence-corrected chi connectivity index (χ0v) is 23.4. The first-order chi connectivity index (χ1) is 17.5. The van der Waals surface area contributed by atoms with Gasteiger partial charge in [-0.05, 0) is 63.8 Å². The van der Waals surface area contributed by atoms with Crippen LogP contribution in [0.3, 0.4) is 0 Å². The molecule has 8 heteroatoms. The molecule has 2 aromatic carbocycles. The van der Waals surface area contributed by atoms with Crippen molar-refractivity contribution in [2.45, 2.75) is 27.7 Å². The molecule has 0 amide bonds. The van der Waals surface area contributed by atoms with Crippen LogP contribution in [-0.2, 0) is 4.74 Å². The number of hydrogen-bond donors (Lipinski definition) is 0. The highest BCUT2D eigenvalue weighted by Crippen LogP contribution is 2.36. The molecule has 0 N–H and O–H groups in total. The van der Waals surface area contributed by atoms with Crippen LogP contribution in [0.1, 0.15) is 25.1 Å². The van der Waals surface area contributed by atoms with Crippen molar-refractivity contribution in [3.05, 3.63) is 71.6 Å². The molecule has 0 aliphatic carbocycles. The second-order valence-corrected chi connectivity index (χ2v) is 10.4. The van der Waals surface area contributed by atoms with E-state index in [1.54, 1.807) is 23.1 Å². The Balaban J connectivity index is 1.63. The standard InChI is InChI=1S/C28H35N5OS2/c1-6-31(7-2)25-11-8-21(3)27(16-25)33(20-34-14-15-35-5)28-30-26(18-36-28)23-9-12-24(13-10-23)32-17-22(4)29-19-32/h8-13,16-19H,6-7,14-15,20H2,1-5H3. The monoisotopic (exact) mass is 521 g/mol. The van der Waals surface area contributed by atoms with Crippen LogP contribution >= 0.6 is 23.1 Å². The molecule has 2 aromatic heterocycles. The van der Waals surface area contributed by atoms with Gasteiger partial charge in [-0.2, -0.15) is 11.8 Å². The van der Waals surface area contributed by atoms with E-state index in [-0.39, 0.29) is 0 Å². The normalized spacial score (nSPS) is 11.1. The van der Waals surface area contributed by atoms with E-state index in [0.717, 1.165) is 52.3 Å². The number of thiazole rings is 1. The molecule has 6 nitrogen and oxygen atoms in total. The first-order valence-electron chi connectivity index (χ1n) is 12.3. The largest absolute Gasteiger partial charge is 0.372 e. The summed E-state index contributed by atoms with van der Waals surface area (Å²) in [5, 5.41) is 3.06. The van der Waals surface area contributed by atoms with Crippen molar-refractivity contribution in [2.75, 3.05) is 48.2 Å². The molecular weight excluding hydrogens is 486 g/mol. The van der Waals surface area contributed by atoms with Crippen LogP contribution in [-0.4, -0.2) is 53.0 Å². The zero-order valence-electron chi connectivity index (χ0n) is 21.8. The molecule has 190 valence electrons. The molecular formula is C28H35N5OS2. The molecule has 4 rings (SSSR count). The van der Waals surface area contributed by atoms with Gasteiger partial charge in [0.15, 0.2) is 5.13 Å². The van der Waals surface area contributed by atoms with Gasteiger partial charge in [0.2, 0.25) is 0 Å². The molecule has 36 heavy (non-hydrogen) atoms. The first-order valence-corrected chi connectivity index (χ1v) is 14.6. The summed E-state index contributed by atoms with van der Waals surface area (Å²) in [5.74, 6) is 0.970. The lowest BCUT2D eigenvalue weighted by Gasteiger charge is -2.27. The van der Waals surface area contributed by atoms with Gasteiger partial charge >= 0.3 is 0 Å². The second kappa shape index (κ2) is 12.4. The number of imidazole rings is 1. The Morgan fingerprint density at radius 3 is 2.50 bits per heavy atom. The molecule has 0 saturated carbocycles. The third-order valence-corrected chi connectivity index (χ3v) is 7.60. The number of nitrogens with zero attached hydrogens (tertiary/aromatic N) is 5. The van der Waals surface area contributed by atoms with E-state index >= 15 is 0 Å². The van der Waals surface area contributed by atoms with E-state index in [4.69, 9.17) is 9.72 Å². The van der Waals surface area contributed by atoms with Crippen molar-refractivity contribution in [2.24, 2.45) is 0 Å². The summed E-state index contributed by atoms with van der Waals surface area (Å²) in [6, 6.07) is 15.1. The highest BCUT2D eigenvalue weighted by Gasteiger charge is 2.18. The number of thioether (sulfide) groups is 1. The van der Waals surface area contributed by atoms with Gasteiger partial charge in [0.25, 0.3) is 0 Å². The average Bonchev–Trinajstić information content (AvgIpc) is 3.56. The molecule has 0 atom stereocenters. The van der Waals surface area contributed by atoms with Gasteiger partial charge in [-0.25, -0.2) is 9.97 Å². The van der Waals surface area contributed by atoms with Crippen molar-refractivity contribution in [3.63, 3.8) is 0 Å². The predicted molar refractivity (Wildman–Crippen MR) is 155 cm³/mol. The van der Waals surface area contributed by atoms with Crippen LogP contribution in [0, 0.1) is 13.8 Å². The summed E-state index contributed by atoms with van der Waals surface area (Å²) in [4.78, 5) is 13.9. The van der Waals surface area contributed by atoms with E-state index in [1.165, 1.54) is 11.3 Å². The van der Waals surface area contributed by atoms with Crippen LogP contribution in [0.25, 0.3) is 16.9 Å². The molecule has 0 unspecified atom stereocenters. The number of hydrogen-bond acceptors (Lipinski definition) is 7. The smallest absolute Gasteiger partial charge is 0.192 e. The van der Waals surface area contributed by atoms with Gasteiger partial charge in [0.05, 0.1) is 30.0 Å². The number of benzene rings is 2. The maximum absolute atomic E-state index is 6.08. The zero-order chi connectivity index (χ0) is 25.5. The van der Waals surface area contributed by atoms with E-state index in [1.807, 2.05) is 24.0 Å². The Labute approximate surface area is 223 Å². The molecule has 0 saturated heterocycles. The predicted octanol–water partition coefficient (Wildman–Crippen LogP) is 6.93. The van der Waals surface area contributed by atoms with Crippen molar-refractivity contribution in [3.8, 4) is 16.9 Å². The SMILES string of the molecule is CCN(CC)c1ccc(C)c(N(COCCSC)c2nc(-c3ccc(-n4cnc(C)c4)cc3)cs2)c1. The van der Waals surface area contributed by atoms with E-state index in [9.17, 15) is 0 Å². The second-order valence-electron chi connectivity index (χ2n) is 8.59. The minimum Gasteiger partial charge on any atom is -0.372 e. The molecule has 0 bridgehead atoms. The summed E-state index contributed by atoms with van der Waals surface area (Å²) in [5.41, 5.74) is 7.71. The third-order valence-electron chi connectivity index (χ3n) is 6.16. The van der Waals surface area contributed by atoms with Gasteiger partial charge in [-0.15, -0.1) is 11.3 Å². The van der Waals surface area contributed by atoms with Gasteiger partial charge < -0.3 is 14.2 Å². The molecule has 0 aliphatic rings. The Morgan fingerprint density at radius 1 is 1.06 bits per heavy atom. The van der Waals surface area contributed by atoms with Crippen LogP contribution in [0.15, 0.2) is 60.4 Å². The van der Waals surface area contributed by atoms with Crippen molar-refractivity contribution < 1.29 is 4.74 Å². The van der Waals surface area contributed by atoms with Crippen LogP contribution < -0.4 is 9.80 Å². The average molecular weight is 522 g/mol. The number of aryl methyl sites for hydroxylation is 2. The number of ether oxygens (including phenoxy) is 1. The molecule has 2 heterocycles. The Hall–Kier alpha value is -2.81. The molecule has 0 radical (unpaired) electrons. The first kappa shape index (κ1) is 26.3. The Morgan fingerprint density at radius 2 is 1.83 bits per heavy atom. The van der Waals surface area contributed by atoms with E-state index in [2.05, 4.69) is 89.7 Å². The van der Waals surface area contributed by atoms with E-state index in [0.29, 0.717) is 13.3 Å². The summed E-state index contributed by atoms with van der Waals surface area (Å²) < 4.78 is 8.12. The highest BCUT2D eigenvalue weighted by atomic mass is 32.2. The number of anilines is 3. The van der Waals surface area contributed by atoms with Gasteiger partial charge in [-0.3, -0.25) is 4.90 Å². The van der Waals surface area contributed by atoms with Gasteiger partial charge in [0, 0.05) is 47.4 Å². The lowest BCUT2D eigenvalue weighted by molar-refractivity contribution is 0.157. The fourth-order valence-electron chi connectivity index (χ4n) is 4.09. The molecule has 0 aliphatic heterocycles. The van der Waals surface area contributed by atoms with Crippen molar-refractivity contribution >= 4 is 39.6 Å². The number of aromatic nitrogens is 3. The summed E-state index contributed by atoms with van der Waals surface area (Å²) >= 11 is 3.44. The molecule has 0 fully saturated rings. The summed E-state index contributed by atoms with van der Waals surface area (Å²) in [6.45, 7) is 11.7. The molecule has 0 spiro atoms. The fourth-order valence-corrected chi connectivity index (χ4v) is 5.21. The van der Waals surface area contributed by atoms with Gasteiger partial charge in [-0.1, -0.05) is 18.2 Å². The van der Waals surface area contributed by atoms with E-state index < -0.39 is 0 Å². The molecule has 4 aromatic rings. The minimum atomic E-state index is 0.467. The topological polar surface area (TPSA) is 46.4 Å². The van der Waals surface area contributed by atoms with Crippen molar-refractivity contribution in [1.82, 2.24) is 14.5 Å². The Bertz CT molecular complexity index is 1250. The van der Waals surface area contributed by atoms with Gasteiger partial charge in [0.1, 0.15) is 6.73 Å². The summed E-state index contributed by atoms with van der Waals surface area (Å²) in [7, 11) is 0. The summed E-state index contributed by atoms with van der Waals surface area (Å²) in [6.07, 6.45) is 5.97. The maximum atomic E-state index is 6.08. The lowest BCUT2D eigenvalue weighted by atomic mass is 10.1. The van der Waals surface area contributed by atoms with Crippen LogP contribution in [0.5, 0.6) is 0 Å². The van der Waals surface area contributed by atoms with Crippen LogP contribution in [0.4, 0.5) is 16.5 Å². The lowest BCUT2D eigenvalue weighted by Crippen LogP contribution is -2.25. The fraction of sp³-hybridized carbons (Fsp3) is 0.357. The third kappa shape index (κ3) is 6.11. The number of rotatable bonds is 12. The Kier molecular flexibility index (Phi) is 9.07. The maximum Gasteiger partial charge on any atom is 0.192 e.